The second-order valence-corrected chi connectivity index (χ2v) is 4.82. The van der Waals surface area contributed by atoms with Crippen LogP contribution in [0.5, 0.6) is 5.75 Å². The highest BCUT2D eigenvalue weighted by Crippen LogP contribution is 2.29. The third kappa shape index (κ3) is 1.97. The van der Waals surface area contributed by atoms with Crippen molar-refractivity contribution in [2.75, 3.05) is 7.11 Å². The van der Waals surface area contributed by atoms with Gasteiger partial charge in [-0.05, 0) is 24.6 Å². The van der Waals surface area contributed by atoms with Crippen molar-refractivity contribution in [3.8, 4) is 11.4 Å². The summed E-state index contributed by atoms with van der Waals surface area (Å²) in [7, 11) is 1.26. The largest absolute Gasteiger partial charge is 0.494 e. The van der Waals surface area contributed by atoms with Crippen molar-refractivity contribution in [2.45, 2.75) is 6.92 Å². The van der Waals surface area contributed by atoms with Crippen LogP contribution in [-0.4, -0.2) is 16.7 Å². The third-order valence-corrected chi connectivity index (χ3v) is 3.38. The van der Waals surface area contributed by atoms with E-state index >= 15 is 0 Å². The van der Waals surface area contributed by atoms with Gasteiger partial charge in [-0.2, -0.15) is 0 Å². The number of ether oxygens (including phenoxy) is 1. The molecule has 0 unspecified atom stereocenters. The summed E-state index contributed by atoms with van der Waals surface area (Å²) in [5, 5.41) is 0. The molecule has 1 aromatic heterocycles. The number of aromatic amines is 1. The maximum atomic E-state index is 14.2. The molecule has 0 atom stereocenters. The zero-order chi connectivity index (χ0) is 16.0. The number of hydrogen-bond donors (Lipinski definition) is 1. The predicted octanol–water partition coefficient (Wildman–Crippen LogP) is 3.05. The number of aryl methyl sites for hydroxylation is 1. The monoisotopic (exact) mass is 308 g/mol. The Morgan fingerprint density at radius 3 is 2.50 bits per heavy atom. The minimum Gasteiger partial charge on any atom is -0.494 e. The number of fused-ring (bicyclic) bond motifs is 1. The Kier molecular flexibility index (Phi) is 3.20. The number of nitrogens with one attached hydrogen (secondary N) is 1. The van der Waals surface area contributed by atoms with E-state index in [1.165, 1.54) is 19.2 Å². The van der Waals surface area contributed by atoms with Crippen molar-refractivity contribution in [3.63, 3.8) is 0 Å². The molecule has 3 rings (SSSR count). The maximum absolute atomic E-state index is 14.2. The number of aromatic nitrogens is 2. The van der Waals surface area contributed by atoms with Gasteiger partial charge in [-0.3, -0.25) is 4.57 Å². The van der Waals surface area contributed by atoms with Crippen molar-refractivity contribution in [3.05, 3.63) is 57.8 Å². The van der Waals surface area contributed by atoms with Crippen molar-refractivity contribution in [1.82, 2.24) is 9.55 Å². The molecule has 0 fully saturated rings. The Morgan fingerprint density at radius 2 is 1.86 bits per heavy atom. The van der Waals surface area contributed by atoms with E-state index in [1.807, 2.05) is 0 Å². The molecular weight excluding hydrogens is 297 g/mol. The zero-order valence-corrected chi connectivity index (χ0v) is 11.7. The molecular formula is C15H11F3N2O2. The van der Waals surface area contributed by atoms with Gasteiger partial charge in [-0.1, -0.05) is 6.07 Å². The van der Waals surface area contributed by atoms with Gasteiger partial charge in [0.05, 0.1) is 12.8 Å². The lowest BCUT2D eigenvalue weighted by Gasteiger charge is -2.08. The van der Waals surface area contributed by atoms with Gasteiger partial charge in [0.2, 0.25) is 0 Å². The fourth-order valence-corrected chi connectivity index (χ4v) is 2.37. The van der Waals surface area contributed by atoms with E-state index in [-0.39, 0.29) is 17.0 Å². The Hall–Kier alpha value is -2.70. The second kappa shape index (κ2) is 4.94. The molecule has 4 nitrogen and oxygen atoms in total. The second-order valence-electron chi connectivity index (χ2n) is 4.82. The summed E-state index contributed by atoms with van der Waals surface area (Å²) in [6.45, 7) is 1.67. The first-order chi connectivity index (χ1) is 10.4. The summed E-state index contributed by atoms with van der Waals surface area (Å²) >= 11 is 0. The Morgan fingerprint density at radius 1 is 1.14 bits per heavy atom. The average Bonchev–Trinajstić information content (AvgIpc) is 2.80. The molecule has 0 aliphatic heterocycles. The van der Waals surface area contributed by atoms with Gasteiger partial charge in [-0.15, -0.1) is 0 Å². The lowest BCUT2D eigenvalue weighted by molar-refractivity contribution is 0.412. The molecule has 7 heteroatoms. The highest BCUT2D eigenvalue weighted by Gasteiger charge is 2.22. The van der Waals surface area contributed by atoms with E-state index in [0.29, 0.717) is 5.56 Å². The van der Waals surface area contributed by atoms with Gasteiger partial charge < -0.3 is 9.72 Å². The Labute approximate surface area is 122 Å². The highest BCUT2D eigenvalue weighted by molar-refractivity contribution is 5.84. The summed E-state index contributed by atoms with van der Waals surface area (Å²) in [4.78, 5) is 14.5. The molecule has 1 N–H and O–H groups in total. The van der Waals surface area contributed by atoms with Crippen LogP contribution >= 0.6 is 0 Å². The molecule has 0 radical (unpaired) electrons. The predicted molar refractivity (Wildman–Crippen MR) is 75.1 cm³/mol. The highest BCUT2D eigenvalue weighted by atomic mass is 19.2. The van der Waals surface area contributed by atoms with Crippen LogP contribution in [0.3, 0.4) is 0 Å². The van der Waals surface area contributed by atoms with E-state index in [1.54, 1.807) is 13.0 Å². The molecule has 0 bridgehead atoms. The molecule has 114 valence electrons. The molecule has 0 spiro atoms. The normalized spacial score (nSPS) is 11.1. The molecule has 0 amide bonds. The van der Waals surface area contributed by atoms with Crippen LogP contribution in [0.4, 0.5) is 13.2 Å². The number of nitrogens with zero attached hydrogens (tertiary/aromatic N) is 1. The first kappa shape index (κ1) is 14.2. The van der Waals surface area contributed by atoms with Crippen LogP contribution in [-0.2, 0) is 0 Å². The number of benzene rings is 2. The van der Waals surface area contributed by atoms with Crippen LogP contribution in [0.25, 0.3) is 16.7 Å². The lowest BCUT2D eigenvalue weighted by atomic mass is 10.2. The fraction of sp³-hybridized carbons (Fsp3) is 0.133. The first-order valence-electron chi connectivity index (χ1n) is 6.37. The standard InChI is InChI=1S/C15H11F3N2O2/c1-7-3-4-10(8(16)5-7)20-14-12(18)9(17)6-11(22-2)13(14)19-15(20)21/h3-6H,1-2H3,(H,19,21). The molecule has 3 aromatic rings. The molecule has 22 heavy (non-hydrogen) atoms. The average molecular weight is 308 g/mol. The van der Waals surface area contributed by atoms with Crippen LogP contribution in [0.1, 0.15) is 5.56 Å². The lowest BCUT2D eigenvalue weighted by Crippen LogP contribution is -2.16. The van der Waals surface area contributed by atoms with Crippen LogP contribution in [0.15, 0.2) is 29.1 Å². The molecule has 0 aliphatic rings. The van der Waals surface area contributed by atoms with Gasteiger partial charge in [0, 0.05) is 6.07 Å². The number of methoxy groups -OCH3 is 1. The topological polar surface area (TPSA) is 47.0 Å². The zero-order valence-electron chi connectivity index (χ0n) is 11.7. The SMILES string of the molecule is COc1cc(F)c(F)c2c1[nH]c(=O)n2-c1ccc(C)cc1F. The third-order valence-electron chi connectivity index (χ3n) is 3.38. The van der Waals surface area contributed by atoms with Gasteiger partial charge in [0.25, 0.3) is 0 Å². The van der Waals surface area contributed by atoms with E-state index in [2.05, 4.69) is 4.98 Å². The maximum Gasteiger partial charge on any atom is 0.331 e. The summed E-state index contributed by atoms with van der Waals surface area (Å²) in [5.41, 5.74) is -0.761. The van der Waals surface area contributed by atoms with Gasteiger partial charge >= 0.3 is 5.69 Å². The smallest absolute Gasteiger partial charge is 0.331 e. The Balaban J connectivity index is 2.47. The summed E-state index contributed by atoms with van der Waals surface area (Å²) in [6.07, 6.45) is 0. The van der Waals surface area contributed by atoms with Crippen LogP contribution in [0.2, 0.25) is 0 Å². The van der Waals surface area contributed by atoms with Crippen LogP contribution < -0.4 is 10.4 Å². The molecule has 0 saturated heterocycles. The van der Waals surface area contributed by atoms with Gasteiger partial charge in [-0.25, -0.2) is 18.0 Å². The van der Waals surface area contributed by atoms with Crippen molar-refractivity contribution in [1.29, 1.82) is 0 Å². The van der Waals surface area contributed by atoms with Gasteiger partial charge in [0.15, 0.2) is 11.6 Å². The minimum atomic E-state index is -1.26. The number of hydrogen-bond acceptors (Lipinski definition) is 2. The minimum absolute atomic E-state index is 0.0358. The van der Waals surface area contributed by atoms with E-state index in [4.69, 9.17) is 4.74 Å². The summed E-state index contributed by atoms with van der Waals surface area (Å²) in [5.74, 6) is -3.21. The summed E-state index contributed by atoms with van der Waals surface area (Å²) in [6, 6.07) is 4.92. The van der Waals surface area contributed by atoms with Gasteiger partial charge in [0.1, 0.15) is 22.6 Å². The number of halogens is 3. The van der Waals surface area contributed by atoms with Crippen molar-refractivity contribution in [2.24, 2.45) is 0 Å². The van der Waals surface area contributed by atoms with E-state index in [0.717, 1.165) is 10.6 Å². The molecule has 0 saturated carbocycles. The Bertz CT molecular complexity index is 944. The number of rotatable bonds is 2. The fourth-order valence-electron chi connectivity index (χ4n) is 2.37. The van der Waals surface area contributed by atoms with E-state index in [9.17, 15) is 18.0 Å². The molecule has 1 heterocycles. The first-order valence-corrected chi connectivity index (χ1v) is 6.37. The number of imidazole rings is 1. The van der Waals surface area contributed by atoms with E-state index < -0.39 is 28.7 Å². The number of H-pyrrole nitrogens is 1. The van der Waals surface area contributed by atoms with Crippen molar-refractivity contribution < 1.29 is 17.9 Å². The quantitative estimate of drug-likeness (QED) is 0.791. The van der Waals surface area contributed by atoms with Crippen LogP contribution in [0, 0.1) is 24.4 Å². The molecule has 0 aliphatic carbocycles. The summed E-state index contributed by atoms with van der Waals surface area (Å²) < 4.78 is 47.6. The van der Waals surface area contributed by atoms with Crippen molar-refractivity contribution >= 4 is 11.0 Å². The molecule has 2 aromatic carbocycles.